The molecule has 0 aliphatic rings. The lowest BCUT2D eigenvalue weighted by Crippen LogP contribution is -2.14. The summed E-state index contributed by atoms with van der Waals surface area (Å²) in [6, 6.07) is 8.17. The van der Waals surface area contributed by atoms with E-state index in [0.717, 1.165) is 30.9 Å². The number of hydrogen-bond donors (Lipinski definition) is 1. The lowest BCUT2D eigenvalue weighted by Gasteiger charge is -2.33. The van der Waals surface area contributed by atoms with Crippen LogP contribution in [0, 0.1) is 18.1 Å². The Labute approximate surface area is 163 Å². The van der Waals surface area contributed by atoms with Crippen LogP contribution in [0.5, 0.6) is 0 Å². The first-order valence-electron chi connectivity index (χ1n) is 7.59. The molecule has 2 aromatic carbocycles. The van der Waals surface area contributed by atoms with E-state index in [1.807, 2.05) is 4.72 Å². The van der Waals surface area contributed by atoms with Crippen molar-refractivity contribution < 1.29 is 37.4 Å². The summed E-state index contributed by atoms with van der Waals surface area (Å²) in [4.78, 5) is 11.4. The van der Waals surface area contributed by atoms with E-state index >= 15 is 0 Å². The second-order valence-corrected chi connectivity index (χ2v) is 9.69. The van der Waals surface area contributed by atoms with Crippen molar-refractivity contribution in [1.29, 1.82) is 0 Å². The maximum atomic E-state index is 12.6. The van der Waals surface area contributed by atoms with Crippen LogP contribution < -0.4 is 4.72 Å². The molecule has 0 aromatic heterocycles. The smallest absolute Gasteiger partial charge is 0.345 e. The SMILES string of the molecule is COC(=O)c1ccc(NS(=O)(=O)c2ccc(C)cc2)c(C#CS(F)(F)(F)(F)F)c1. The van der Waals surface area contributed by atoms with Crippen molar-refractivity contribution in [2.24, 2.45) is 0 Å². The first kappa shape index (κ1) is 22.5. The fourth-order valence-corrected chi connectivity index (χ4v) is 3.44. The Hall–Kier alpha value is -2.78. The molecule has 5 nitrogen and oxygen atoms in total. The van der Waals surface area contributed by atoms with Crippen molar-refractivity contribution in [3.8, 4) is 11.2 Å². The van der Waals surface area contributed by atoms with E-state index < -0.39 is 37.5 Å². The summed E-state index contributed by atoms with van der Waals surface area (Å²) in [5.41, 5.74) is -0.851. The minimum absolute atomic E-state index is 0.00372. The van der Waals surface area contributed by atoms with Gasteiger partial charge in [-0.3, -0.25) is 4.72 Å². The van der Waals surface area contributed by atoms with E-state index in [1.165, 1.54) is 30.2 Å². The quantitative estimate of drug-likeness (QED) is 0.391. The van der Waals surface area contributed by atoms with Gasteiger partial charge in [0.2, 0.25) is 0 Å². The number of carbonyl (C=O) groups is 1. The summed E-state index contributed by atoms with van der Waals surface area (Å²) < 4.78 is 94.3. The van der Waals surface area contributed by atoms with Gasteiger partial charge in [0, 0.05) is 0 Å². The molecule has 0 unspecified atom stereocenters. The minimum Gasteiger partial charge on any atom is -0.465 e. The monoisotopic (exact) mass is 455 g/mol. The molecule has 2 rings (SSSR count). The average molecular weight is 455 g/mol. The predicted octanol–water partition coefficient (Wildman–Crippen LogP) is 5.19. The van der Waals surface area contributed by atoms with Crippen LogP contribution in [0.15, 0.2) is 47.4 Å². The molecule has 0 aliphatic carbocycles. The maximum absolute atomic E-state index is 12.6. The maximum Gasteiger partial charge on any atom is 0.345 e. The molecular weight excluding hydrogens is 441 g/mol. The third kappa shape index (κ3) is 6.65. The molecule has 0 bridgehead atoms. The van der Waals surface area contributed by atoms with Crippen molar-refractivity contribution in [3.05, 3.63) is 59.2 Å². The van der Waals surface area contributed by atoms with Crippen molar-refractivity contribution in [1.82, 2.24) is 0 Å². The molecule has 1 N–H and O–H groups in total. The molecule has 0 amide bonds. The van der Waals surface area contributed by atoms with Crippen LogP contribution in [0.4, 0.5) is 25.1 Å². The Morgan fingerprint density at radius 3 is 2.14 bits per heavy atom. The molecule has 2 aromatic rings. The zero-order valence-electron chi connectivity index (χ0n) is 14.9. The molecule has 0 atom stereocenters. The van der Waals surface area contributed by atoms with Crippen LogP contribution in [-0.2, 0) is 14.8 Å². The average Bonchev–Trinajstić information content (AvgIpc) is 2.58. The summed E-state index contributed by atoms with van der Waals surface area (Å²) in [7, 11) is -13.4. The third-order valence-electron chi connectivity index (χ3n) is 3.39. The number of rotatable bonds is 4. The van der Waals surface area contributed by atoms with Gasteiger partial charge in [0.05, 0.1) is 34.1 Å². The second-order valence-electron chi connectivity index (χ2n) is 5.87. The number of aryl methyl sites for hydroxylation is 1. The molecule has 158 valence electrons. The van der Waals surface area contributed by atoms with Crippen molar-refractivity contribution in [3.63, 3.8) is 0 Å². The van der Waals surface area contributed by atoms with Crippen LogP contribution in [-0.4, -0.2) is 21.5 Å². The number of anilines is 1. The molecular formula is C17H14F5NO4S2. The third-order valence-corrected chi connectivity index (χ3v) is 5.26. The van der Waals surface area contributed by atoms with Gasteiger partial charge in [-0.2, -0.15) is 0 Å². The molecule has 0 fully saturated rings. The van der Waals surface area contributed by atoms with Crippen LogP contribution in [0.2, 0.25) is 0 Å². The van der Waals surface area contributed by atoms with Crippen molar-refractivity contribution in [2.75, 3.05) is 11.8 Å². The van der Waals surface area contributed by atoms with Crippen LogP contribution in [0.25, 0.3) is 0 Å². The number of ether oxygens (including phenoxy) is 1. The summed E-state index contributed by atoms with van der Waals surface area (Å²) in [6.45, 7) is 1.71. The molecule has 0 heterocycles. The van der Waals surface area contributed by atoms with Gasteiger partial charge >= 0.3 is 16.2 Å². The van der Waals surface area contributed by atoms with E-state index in [4.69, 9.17) is 0 Å². The normalized spacial score (nSPS) is 14.0. The molecule has 0 aliphatic heterocycles. The highest BCUT2D eigenvalue weighted by atomic mass is 32.5. The number of hydrogen-bond acceptors (Lipinski definition) is 4. The number of esters is 1. The van der Waals surface area contributed by atoms with Gasteiger partial charge in [-0.1, -0.05) is 37.1 Å². The van der Waals surface area contributed by atoms with Gasteiger partial charge in [-0.15, -0.1) is 0 Å². The largest absolute Gasteiger partial charge is 0.465 e. The van der Waals surface area contributed by atoms with Gasteiger partial charge in [-0.25, -0.2) is 13.2 Å². The van der Waals surface area contributed by atoms with E-state index in [-0.39, 0.29) is 15.7 Å². The van der Waals surface area contributed by atoms with Crippen LogP contribution >= 0.6 is 10.2 Å². The lowest BCUT2D eigenvalue weighted by atomic mass is 10.1. The van der Waals surface area contributed by atoms with Crippen molar-refractivity contribution >= 4 is 31.9 Å². The standard InChI is InChI=1S/C17H14F5NO4S2/c1-12-3-6-15(7-4-12)28(25,26)23-16-8-5-14(17(24)27-2)11-13(16)9-10-29(18,19,20,21)22/h3-8,11,23H,1-2H3. The molecule has 0 radical (unpaired) electrons. The number of benzene rings is 2. The van der Waals surface area contributed by atoms with Gasteiger partial charge in [-0.05, 0) is 43.2 Å². The predicted molar refractivity (Wildman–Crippen MR) is 99.8 cm³/mol. The van der Waals surface area contributed by atoms with Crippen molar-refractivity contribution in [2.45, 2.75) is 11.8 Å². The Morgan fingerprint density at radius 1 is 1.03 bits per heavy atom. The first-order chi connectivity index (χ1) is 13.0. The number of sulfonamides is 1. The topological polar surface area (TPSA) is 72.5 Å². The summed E-state index contributed by atoms with van der Waals surface area (Å²) >= 11 is 0. The minimum atomic E-state index is -10.1. The van der Waals surface area contributed by atoms with Gasteiger partial charge in [0.1, 0.15) is 0 Å². The zero-order valence-corrected chi connectivity index (χ0v) is 16.5. The first-order valence-corrected chi connectivity index (χ1v) is 11.0. The van der Waals surface area contributed by atoms with Gasteiger partial charge in [0.15, 0.2) is 0 Å². The number of carbonyl (C=O) groups excluding carboxylic acids is 1. The Bertz CT molecular complexity index is 1130. The Morgan fingerprint density at radius 2 is 1.62 bits per heavy atom. The Balaban J connectivity index is 2.58. The number of nitrogens with one attached hydrogen (secondary N) is 1. The Kier molecular flexibility index (Phi) is 5.15. The fraction of sp³-hybridized carbons (Fsp3) is 0.118. The van der Waals surface area contributed by atoms with E-state index in [9.17, 15) is 32.6 Å². The van der Waals surface area contributed by atoms with Crippen LogP contribution in [0.3, 0.4) is 0 Å². The molecule has 12 heteroatoms. The molecule has 0 spiro atoms. The summed E-state index contributed by atoms with van der Waals surface area (Å²) in [5, 5.41) is -0.00372. The highest BCUT2D eigenvalue weighted by Gasteiger charge is 2.62. The second kappa shape index (κ2) is 6.64. The lowest BCUT2D eigenvalue weighted by molar-refractivity contribution is 0.0600. The molecule has 0 saturated heterocycles. The summed E-state index contributed by atoms with van der Waals surface area (Å²) in [5.74, 6) is 0.251. The van der Waals surface area contributed by atoms with E-state index in [0.29, 0.717) is 0 Å². The number of halogens is 5. The van der Waals surface area contributed by atoms with E-state index in [1.54, 1.807) is 6.92 Å². The van der Waals surface area contributed by atoms with Gasteiger partial charge < -0.3 is 4.74 Å². The fourth-order valence-electron chi connectivity index (χ4n) is 2.05. The van der Waals surface area contributed by atoms with Crippen LogP contribution in [0.1, 0.15) is 21.5 Å². The van der Waals surface area contributed by atoms with E-state index in [2.05, 4.69) is 4.74 Å². The highest BCUT2D eigenvalue weighted by Crippen LogP contribution is 2.97. The highest BCUT2D eigenvalue weighted by molar-refractivity contribution is 8.49. The van der Waals surface area contributed by atoms with Gasteiger partial charge in [0.25, 0.3) is 10.0 Å². The number of methoxy groups -OCH3 is 1. The zero-order chi connectivity index (χ0) is 22.2. The molecule has 29 heavy (non-hydrogen) atoms. The summed E-state index contributed by atoms with van der Waals surface area (Å²) in [6.07, 6.45) is 0. The molecule has 0 saturated carbocycles.